The van der Waals surface area contributed by atoms with Crippen LogP contribution in [0.2, 0.25) is 0 Å². The zero-order valence-electron chi connectivity index (χ0n) is 10.9. The molecule has 1 aliphatic rings. The van der Waals surface area contributed by atoms with Gasteiger partial charge in [-0.1, -0.05) is 34.1 Å². The standard InChI is InChI=1S/C14H16BrN3O2/c15-11-4-2-1-3-10(11)8-18-5-6-20-9-13(18)12-7-14(19)17-16-12/h1-4,7,13H,5-6,8-9H2,(H2,16,17,19). The molecule has 0 radical (unpaired) electrons. The summed E-state index contributed by atoms with van der Waals surface area (Å²) in [5.74, 6) is 0. The highest BCUT2D eigenvalue weighted by Crippen LogP contribution is 2.26. The van der Waals surface area contributed by atoms with Gasteiger partial charge in [-0.3, -0.25) is 14.8 Å². The number of hydrogen-bond donors (Lipinski definition) is 2. The molecule has 106 valence electrons. The molecule has 20 heavy (non-hydrogen) atoms. The Morgan fingerprint density at radius 3 is 2.95 bits per heavy atom. The summed E-state index contributed by atoms with van der Waals surface area (Å²) in [7, 11) is 0. The summed E-state index contributed by atoms with van der Waals surface area (Å²) in [5.41, 5.74) is 2.01. The molecule has 5 nitrogen and oxygen atoms in total. The Bertz CT molecular complexity index is 637. The number of morpholine rings is 1. The third-order valence-corrected chi connectivity index (χ3v) is 4.32. The Morgan fingerprint density at radius 1 is 1.35 bits per heavy atom. The average molecular weight is 338 g/mol. The van der Waals surface area contributed by atoms with Crippen LogP contribution in [0.3, 0.4) is 0 Å². The van der Waals surface area contributed by atoms with Crippen LogP contribution in [0.15, 0.2) is 39.6 Å². The molecule has 2 N–H and O–H groups in total. The van der Waals surface area contributed by atoms with Gasteiger partial charge in [0.05, 0.1) is 24.9 Å². The number of aromatic nitrogens is 2. The van der Waals surface area contributed by atoms with Gasteiger partial charge in [-0.15, -0.1) is 0 Å². The first-order valence-electron chi connectivity index (χ1n) is 6.57. The first-order chi connectivity index (χ1) is 9.74. The second-order valence-corrected chi connectivity index (χ2v) is 5.72. The van der Waals surface area contributed by atoms with Gasteiger partial charge in [0.1, 0.15) is 0 Å². The van der Waals surface area contributed by atoms with Crippen molar-refractivity contribution >= 4 is 15.9 Å². The molecular formula is C14H16BrN3O2. The van der Waals surface area contributed by atoms with Crippen molar-refractivity contribution in [3.05, 3.63) is 56.4 Å². The van der Waals surface area contributed by atoms with Gasteiger partial charge in [0.15, 0.2) is 0 Å². The summed E-state index contributed by atoms with van der Waals surface area (Å²) < 4.78 is 6.66. The quantitative estimate of drug-likeness (QED) is 0.900. The fraction of sp³-hybridized carbons (Fsp3) is 0.357. The van der Waals surface area contributed by atoms with Gasteiger partial charge in [-0.2, -0.15) is 0 Å². The normalized spacial score (nSPS) is 20.1. The van der Waals surface area contributed by atoms with Gasteiger partial charge < -0.3 is 9.84 Å². The lowest BCUT2D eigenvalue weighted by Gasteiger charge is -2.35. The summed E-state index contributed by atoms with van der Waals surface area (Å²) >= 11 is 3.58. The van der Waals surface area contributed by atoms with Crippen molar-refractivity contribution in [1.82, 2.24) is 15.1 Å². The van der Waals surface area contributed by atoms with Gasteiger partial charge in [0.2, 0.25) is 0 Å². The van der Waals surface area contributed by atoms with Crippen LogP contribution in [0.4, 0.5) is 0 Å². The van der Waals surface area contributed by atoms with E-state index < -0.39 is 0 Å². The van der Waals surface area contributed by atoms with Crippen LogP contribution in [0.1, 0.15) is 17.3 Å². The van der Waals surface area contributed by atoms with Gasteiger partial charge in [-0.05, 0) is 11.6 Å². The number of rotatable bonds is 3. The van der Waals surface area contributed by atoms with Gasteiger partial charge in [0, 0.05) is 23.6 Å². The van der Waals surface area contributed by atoms with Crippen LogP contribution in [-0.2, 0) is 11.3 Å². The highest BCUT2D eigenvalue weighted by molar-refractivity contribution is 9.10. The van der Waals surface area contributed by atoms with E-state index in [2.05, 4.69) is 37.1 Å². The lowest BCUT2D eigenvalue weighted by molar-refractivity contribution is -0.0143. The molecule has 1 atom stereocenters. The summed E-state index contributed by atoms with van der Waals surface area (Å²) in [6.07, 6.45) is 0. The van der Waals surface area contributed by atoms with E-state index in [0.29, 0.717) is 6.61 Å². The smallest absolute Gasteiger partial charge is 0.264 e. The van der Waals surface area contributed by atoms with Crippen LogP contribution >= 0.6 is 15.9 Å². The van der Waals surface area contributed by atoms with Crippen molar-refractivity contribution in [1.29, 1.82) is 0 Å². The zero-order chi connectivity index (χ0) is 13.9. The molecule has 3 rings (SSSR count). The maximum absolute atomic E-state index is 11.3. The SMILES string of the molecule is O=c1cc(C2COCCN2Cc2ccccc2Br)[nH][nH]1. The second-order valence-electron chi connectivity index (χ2n) is 4.87. The number of benzene rings is 1. The van der Waals surface area contributed by atoms with E-state index in [-0.39, 0.29) is 11.6 Å². The molecule has 1 aromatic heterocycles. The molecule has 0 saturated carbocycles. The third kappa shape index (κ3) is 2.87. The Morgan fingerprint density at radius 2 is 2.20 bits per heavy atom. The fourth-order valence-corrected chi connectivity index (χ4v) is 2.90. The monoisotopic (exact) mass is 337 g/mol. The first-order valence-corrected chi connectivity index (χ1v) is 7.36. The maximum atomic E-state index is 11.3. The van der Waals surface area contributed by atoms with Crippen molar-refractivity contribution in [2.24, 2.45) is 0 Å². The van der Waals surface area contributed by atoms with E-state index in [0.717, 1.165) is 29.9 Å². The Kier molecular flexibility index (Phi) is 4.05. The molecule has 0 aliphatic carbocycles. The third-order valence-electron chi connectivity index (χ3n) is 3.55. The van der Waals surface area contributed by atoms with Crippen LogP contribution in [-0.4, -0.2) is 34.9 Å². The Balaban J connectivity index is 1.82. The highest BCUT2D eigenvalue weighted by Gasteiger charge is 2.26. The van der Waals surface area contributed by atoms with Gasteiger partial charge >= 0.3 is 0 Å². The van der Waals surface area contributed by atoms with Crippen LogP contribution in [0.5, 0.6) is 0 Å². The van der Waals surface area contributed by atoms with Crippen molar-refractivity contribution in [2.75, 3.05) is 19.8 Å². The number of ether oxygens (including phenoxy) is 1. The van der Waals surface area contributed by atoms with Crippen LogP contribution < -0.4 is 5.56 Å². The predicted molar refractivity (Wildman–Crippen MR) is 79.5 cm³/mol. The number of H-pyrrole nitrogens is 2. The molecule has 1 aromatic carbocycles. The molecule has 1 fully saturated rings. The van der Waals surface area contributed by atoms with Gasteiger partial charge in [0.25, 0.3) is 5.56 Å². The lowest BCUT2D eigenvalue weighted by Crippen LogP contribution is -2.39. The number of hydrogen-bond acceptors (Lipinski definition) is 3. The topological polar surface area (TPSA) is 61.1 Å². The molecule has 0 amide bonds. The molecule has 1 unspecified atom stereocenters. The molecule has 6 heteroatoms. The highest BCUT2D eigenvalue weighted by atomic mass is 79.9. The number of halogens is 1. The molecule has 2 aromatic rings. The number of nitrogens with zero attached hydrogens (tertiary/aromatic N) is 1. The molecule has 0 spiro atoms. The fourth-order valence-electron chi connectivity index (χ4n) is 2.49. The van der Waals surface area contributed by atoms with Crippen molar-refractivity contribution in [2.45, 2.75) is 12.6 Å². The minimum atomic E-state index is -0.105. The van der Waals surface area contributed by atoms with E-state index in [9.17, 15) is 4.79 Å². The predicted octanol–water partition coefficient (Wildman–Crippen LogP) is 2.04. The van der Waals surface area contributed by atoms with Crippen LogP contribution in [0, 0.1) is 0 Å². The summed E-state index contributed by atoms with van der Waals surface area (Å²) in [6.45, 7) is 2.98. The number of aromatic amines is 2. The van der Waals surface area contributed by atoms with Crippen molar-refractivity contribution in [3.8, 4) is 0 Å². The van der Waals surface area contributed by atoms with Gasteiger partial charge in [-0.25, -0.2) is 0 Å². The molecule has 2 heterocycles. The summed E-state index contributed by atoms with van der Waals surface area (Å²) in [5, 5.41) is 5.52. The van der Waals surface area contributed by atoms with Crippen LogP contribution in [0.25, 0.3) is 0 Å². The van der Waals surface area contributed by atoms with E-state index >= 15 is 0 Å². The molecule has 1 aliphatic heterocycles. The van der Waals surface area contributed by atoms with E-state index in [1.54, 1.807) is 6.07 Å². The maximum Gasteiger partial charge on any atom is 0.264 e. The first kappa shape index (κ1) is 13.6. The van der Waals surface area contributed by atoms with E-state index in [1.807, 2.05) is 18.2 Å². The van der Waals surface area contributed by atoms with Crippen molar-refractivity contribution in [3.63, 3.8) is 0 Å². The number of nitrogens with one attached hydrogen (secondary N) is 2. The minimum absolute atomic E-state index is 0.0785. The van der Waals surface area contributed by atoms with Crippen molar-refractivity contribution < 1.29 is 4.74 Å². The zero-order valence-corrected chi connectivity index (χ0v) is 12.5. The largest absolute Gasteiger partial charge is 0.378 e. The molecule has 1 saturated heterocycles. The summed E-state index contributed by atoms with van der Waals surface area (Å²) in [4.78, 5) is 13.6. The second kappa shape index (κ2) is 5.95. The average Bonchev–Trinajstić information content (AvgIpc) is 2.88. The molecular weight excluding hydrogens is 322 g/mol. The lowest BCUT2D eigenvalue weighted by atomic mass is 10.1. The Hall–Kier alpha value is -1.37. The Labute approximate surface area is 125 Å². The summed E-state index contributed by atoms with van der Waals surface area (Å²) in [6, 6.07) is 9.88. The van der Waals surface area contributed by atoms with E-state index in [4.69, 9.17) is 4.74 Å². The molecule has 0 bridgehead atoms. The van der Waals surface area contributed by atoms with E-state index in [1.165, 1.54) is 5.56 Å². The minimum Gasteiger partial charge on any atom is -0.378 e.